The van der Waals surface area contributed by atoms with Gasteiger partial charge in [0.25, 0.3) is 5.91 Å². The number of hydrogen-bond donors (Lipinski definition) is 1. The van der Waals surface area contributed by atoms with Gasteiger partial charge < -0.3 is 18.9 Å². The predicted molar refractivity (Wildman–Crippen MR) is 169 cm³/mol. The zero-order valence-corrected chi connectivity index (χ0v) is 26.2. The van der Waals surface area contributed by atoms with Crippen molar-refractivity contribution >= 4 is 48.9 Å². The van der Waals surface area contributed by atoms with Crippen molar-refractivity contribution in [3.63, 3.8) is 0 Å². The Morgan fingerprint density at radius 2 is 1.84 bits per heavy atom. The molecule has 10 heteroatoms. The number of amides is 2. The van der Waals surface area contributed by atoms with E-state index in [0.29, 0.717) is 34.8 Å². The lowest BCUT2D eigenvalue weighted by molar-refractivity contribution is -0.146. The number of benzene rings is 3. The summed E-state index contributed by atoms with van der Waals surface area (Å²) in [6.45, 7) is 5.20. The Balaban J connectivity index is 1.35. The second kappa shape index (κ2) is 11.3. The fourth-order valence-electron chi connectivity index (χ4n) is 7.13. The maximum absolute atomic E-state index is 15.8. The van der Waals surface area contributed by atoms with Gasteiger partial charge in [0.1, 0.15) is 0 Å². The number of anilines is 2. The molecule has 7 nitrogen and oxygen atoms in total. The number of hydrazone groups is 1. The first kappa shape index (κ1) is 29.7. The van der Waals surface area contributed by atoms with Gasteiger partial charge >= 0.3 is 0 Å². The zero-order chi connectivity index (χ0) is 30.5. The van der Waals surface area contributed by atoms with E-state index in [-0.39, 0.29) is 31.4 Å². The lowest BCUT2D eigenvalue weighted by atomic mass is 9.82. The van der Waals surface area contributed by atoms with Crippen LogP contribution in [-0.2, 0) is 26.5 Å². The van der Waals surface area contributed by atoms with E-state index in [9.17, 15) is 14.7 Å². The topological polar surface area (TPSA) is 82.4 Å². The van der Waals surface area contributed by atoms with Crippen LogP contribution in [0.15, 0.2) is 77.9 Å². The van der Waals surface area contributed by atoms with Crippen LogP contribution in [0.4, 0.5) is 15.5 Å². The second-order valence-electron chi connectivity index (χ2n) is 12.1. The monoisotopic (exact) mass is 619 g/mol. The maximum Gasteiger partial charge on any atom is 0.264 e. The summed E-state index contributed by atoms with van der Waals surface area (Å²) < 4.78 is 22.3. The summed E-state index contributed by atoms with van der Waals surface area (Å²) in [6, 6.07) is 22.6. The van der Waals surface area contributed by atoms with Gasteiger partial charge in [0.2, 0.25) is 14.3 Å². The minimum Gasteiger partial charge on any atom is -0.396 e. The van der Waals surface area contributed by atoms with Gasteiger partial charge in [-0.3, -0.25) is 9.59 Å². The minimum absolute atomic E-state index is 0.0971. The van der Waals surface area contributed by atoms with Crippen LogP contribution in [0, 0.1) is 5.92 Å². The molecule has 3 aliphatic rings. The highest BCUT2D eigenvalue weighted by molar-refractivity contribution is 6.72. The van der Waals surface area contributed by atoms with Crippen molar-refractivity contribution in [2.45, 2.75) is 63.1 Å². The molecule has 0 radical (unpaired) electrons. The van der Waals surface area contributed by atoms with E-state index in [1.807, 2.05) is 61.5 Å². The number of ether oxygens (including phenoxy) is 1. The van der Waals surface area contributed by atoms with Gasteiger partial charge in [0.05, 0.1) is 29.7 Å². The summed E-state index contributed by atoms with van der Waals surface area (Å²) in [5.41, 5.74) is 2.62. The number of rotatable bonds is 7. The molecule has 6 rings (SSSR count). The number of nitrogens with zero attached hydrogens (tertiary/aromatic N) is 3. The molecule has 0 unspecified atom stereocenters. The number of carbonyl (C=O) groups is 2. The van der Waals surface area contributed by atoms with Crippen molar-refractivity contribution in [3.05, 3.63) is 94.5 Å². The van der Waals surface area contributed by atoms with E-state index in [0.717, 1.165) is 16.8 Å². The number of aliphatic hydroxyl groups excluding tert-OH is 1. The molecule has 3 heterocycles. The second-order valence-corrected chi connectivity index (χ2v) is 16.4. The summed E-state index contributed by atoms with van der Waals surface area (Å²) >= 11 is 6.45. The van der Waals surface area contributed by atoms with Gasteiger partial charge in [-0.15, -0.1) is 0 Å². The average molecular weight is 620 g/mol. The molecule has 224 valence electrons. The average Bonchev–Trinajstić information content (AvgIpc) is 3.40. The van der Waals surface area contributed by atoms with E-state index in [1.54, 1.807) is 36.2 Å². The molecule has 4 atom stereocenters. The summed E-state index contributed by atoms with van der Waals surface area (Å²) in [5.74, 6) is -0.835. The van der Waals surface area contributed by atoms with Crippen molar-refractivity contribution in [1.29, 1.82) is 0 Å². The summed E-state index contributed by atoms with van der Waals surface area (Å²) in [6.07, 6.45) is 0.571. The first-order valence-electron chi connectivity index (χ1n) is 14.7. The highest BCUT2D eigenvalue weighted by atomic mass is 35.5. The third-order valence-corrected chi connectivity index (χ3v) is 11.7. The van der Waals surface area contributed by atoms with Crippen LogP contribution in [0.1, 0.15) is 42.9 Å². The van der Waals surface area contributed by atoms with E-state index < -0.39 is 31.6 Å². The standard InChI is InChI=1S/C33H35ClFN3O4Si/c1-21-31(43(2,3)35)29(16-17-39)42-33(21)26-19-24(34)12-14-28(26)37(32(33)41)20-22-8-7-11-25(18-22)38-30(40)15-13-27(36-38)23-9-5-4-6-10-23/h4-12,14,18-19,21,29,31,39H,13,15-17,20H2,1-3H3/t21-,29+,31-,33+/m1/s1. The van der Waals surface area contributed by atoms with E-state index in [2.05, 4.69) is 0 Å². The van der Waals surface area contributed by atoms with Crippen LogP contribution >= 0.6 is 11.6 Å². The number of halogens is 2. The van der Waals surface area contributed by atoms with Crippen LogP contribution in [0.25, 0.3) is 0 Å². The van der Waals surface area contributed by atoms with Gasteiger partial charge in [-0.2, -0.15) is 5.10 Å². The smallest absolute Gasteiger partial charge is 0.264 e. The molecule has 3 aliphatic heterocycles. The Hall–Kier alpha value is -3.37. The van der Waals surface area contributed by atoms with Crippen molar-refractivity contribution in [3.8, 4) is 0 Å². The summed E-state index contributed by atoms with van der Waals surface area (Å²) in [5, 5.41) is 16.4. The first-order chi connectivity index (χ1) is 20.5. The van der Waals surface area contributed by atoms with Gasteiger partial charge in [0.15, 0.2) is 5.60 Å². The molecule has 43 heavy (non-hydrogen) atoms. The number of hydrogen-bond acceptors (Lipinski definition) is 5. The molecule has 3 aromatic carbocycles. The minimum atomic E-state index is -3.29. The van der Waals surface area contributed by atoms with Gasteiger partial charge in [0, 0.05) is 41.5 Å². The fourth-order valence-corrected chi connectivity index (χ4v) is 9.85. The molecule has 0 bridgehead atoms. The van der Waals surface area contributed by atoms with Crippen LogP contribution in [0.5, 0.6) is 0 Å². The van der Waals surface area contributed by atoms with E-state index in [4.69, 9.17) is 21.4 Å². The van der Waals surface area contributed by atoms with Crippen molar-refractivity contribution in [2.75, 3.05) is 16.5 Å². The quantitative estimate of drug-likeness (QED) is 0.239. The third kappa shape index (κ3) is 5.12. The molecule has 1 N–H and O–H groups in total. The van der Waals surface area contributed by atoms with Gasteiger partial charge in [-0.05, 0) is 61.0 Å². The normalized spacial score (nSPS) is 25.4. The largest absolute Gasteiger partial charge is 0.396 e. The van der Waals surface area contributed by atoms with Gasteiger partial charge in [-0.1, -0.05) is 61.0 Å². The molecule has 0 aromatic heterocycles. The third-order valence-electron chi connectivity index (χ3n) is 8.97. The van der Waals surface area contributed by atoms with E-state index >= 15 is 4.11 Å². The molecule has 0 aliphatic carbocycles. The Labute approximate surface area is 257 Å². The van der Waals surface area contributed by atoms with Crippen LogP contribution in [-0.4, -0.2) is 43.8 Å². The summed E-state index contributed by atoms with van der Waals surface area (Å²) in [4.78, 5) is 29.1. The molecule has 1 fully saturated rings. The highest BCUT2D eigenvalue weighted by Crippen LogP contribution is 2.60. The Kier molecular flexibility index (Phi) is 7.79. The van der Waals surface area contributed by atoms with Crippen LogP contribution in [0.3, 0.4) is 0 Å². The Morgan fingerprint density at radius 1 is 1.07 bits per heavy atom. The lowest BCUT2D eigenvalue weighted by Crippen LogP contribution is -2.45. The SMILES string of the molecule is C[C@@H]1[C@@H]([Si](C)(C)F)[C@H](CCO)O[C@@]12C(=O)N(Cc1cccc(N3N=C(c4ccccc4)CCC3=O)c1)c1ccc(Cl)cc12. The highest BCUT2D eigenvalue weighted by Gasteiger charge is 2.66. The van der Waals surface area contributed by atoms with Crippen molar-refractivity contribution in [1.82, 2.24) is 0 Å². The molecule has 1 saturated heterocycles. The lowest BCUT2D eigenvalue weighted by Gasteiger charge is -2.31. The van der Waals surface area contributed by atoms with Gasteiger partial charge in [-0.25, -0.2) is 5.01 Å². The first-order valence-corrected chi connectivity index (χ1v) is 18.0. The Bertz CT molecular complexity index is 1600. The van der Waals surface area contributed by atoms with E-state index in [1.165, 1.54) is 5.01 Å². The molecular formula is C33H35ClFN3O4Si. The number of fused-ring (bicyclic) bond motifs is 2. The molecule has 3 aromatic rings. The van der Waals surface area contributed by atoms with Crippen LogP contribution in [0.2, 0.25) is 23.7 Å². The fraction of sp³-hybridized carbons (Fsp3) is 0.364. The maximum atomic E-state index is 15.8. The van der Waals surface area contributed by atoms with Crippen molar-refractivity contribution in [2.24, 2.45) is 11.0 Å². The molecule has 0 saturated carbocycles. The molecule has 1 spiro atoms. The summed E-state index contributed by atoms with van der Waals surface area (Å²) in [7, 11) is -3.29. The number of carbonyl (C=O) groups excluding carboxylic acids is 2. The molecular weight excluding hydrogens is 585 g/mol. The predicted octanol–water partition coefficient (Wildman–Crippen LogP) is 6.58. The zero-order valence-electron chi connectivity index (χ0n) is 24.5. The molecule has 2 amide bonds. The number of aliphatic hydroxyl groups is 1. The van der Waals surface area contributed by atoms with Crippen molar-refractivity contribution < 1.29 is 23.5 Å². The van der Waals surface area contributed by atoms with Crippen LogP contribution < -0.4 is 9.91 Å². The Morgan fingerprint density at radius 3 is 2.56 bits per heavy atom.